The van der Waals surface area contributed by atoms with Gasteiger partial charge in [-0.05, 0) is 98.4 Å². The van der Waals surface area contributed by atoms with Crippen LogP contribution in [0.15, 0.2) is 108 Å². The molecular weight excluding hydrogens is 546 g/mol. The Balaban J connectivity index is 1.27. The number of furan rings is 1. The topological polar surface area (TPSA) is 84.6 Å². The van der Waals surface area contributed by atoms with Gasteiger partial charge in [0.05, 0.1) is 30.6 Å². The molecule has 1 aliphatic heterocycles. The Morgan fingerprint density at radius 2 is 1.81 bits per heavy atom. The number of hydrogen-bond donors (Lipinski definition) is 2. The highest BCUT2D eigenvalue weighted by molar-refractivity contribution is 7.80. The van der Waals surface area contributed by atoms with Crippen LogP contribution in [0.5, 0.6) is 5.75 Å². The maximum atomic E-state index is 12.5. The third kappa shape index (κ3) is 5.64. The average Bonchev–Trinajstić information content (AvgIpc) is 3.72. The summed E-state index contributed by atoms with van der Waals surface area (Å²) in [7, 11) is 0. The van der Waals surface area contributed by atoms with E-state index in [9.17, 15) is 4.79 Å². The van der Waals surface area contributed by atoms with E-state index in [0.717, 1.165) is 34.1 Å². The predicted molar refractivity (Wildman–Crippen MR) is 167 cm³/mol. The second-order valence-electron chi connectivity index (χ2n) is 10.2. The second kappa shape index (κ2) is 11.9. The summed E-state index contributed by atoms with van der Waals surface area (Å²) in [5, 5.41) is 7.05. The molecule has 0 aliphatic carbocycles. The first-order chi connectivity index (χ1) is 20.5. The average molecular weight is 578 g/mol. The SMILES string of the molecule is Cc1cc([C@@H]2[C@@H](c3ccccn3)NC(=S)N2c2ccc(NC(=O)COc3ccccc3)cc2)c(C)n1Cc1ccco1. The molecule has 0 spiro atoms. The Morgan fingerprint density at radius 1 is 1.02 bits per heavy atom. The van der Waals surface area contributed by atoms with Crippen molar-refractivity contribution in [3.8, 4) is 5.75 Å². The summed E-state index contributed by atoms with van der Waals surface area (Å²) in [6, 6.07) is 28.7. The van der Waals surface area contributed by atoms with Crippen molar-refractivity contribution in [1.82, 2.24) is 14.9 Å². The largest absolute Gasteiger partial charge is 0.484 e. The lowest BCUT2D eigenvalue weighted by Crippen LogP contribution is -2.29. The quantitative estimate of drug-likeness (QED) is 0.198. The number of benzene rings is 2. The van der Waals surface area contributed by atoms with E-state index in [-0.39, 0.29) is 24.6 Å². The first-order valence-electron chi connectivity index (χ1n) is 13.8. The Kier molecular flexibility index (Phi) is 7.74. The molecule has 0 unspecified atom stereocenters. The molecule has 5 aromatic rings. The molecule has 1 amide bonds. The van der Waals surface area contributed by atoms with Crippen LogP contribution in [0, 0.1) is 13.8 Å². The molecule has 0 saturated carbocycles. The monoisotopic (exact) mass is 577 g/mol. The standard InChI is InChI=1S/C33H31N5O3S/c1-22-19-28(23(2)37(22)20-27-11-8-18-40-27)32-31(29-12-6-7-17-34-29)36-33(42)38(32)25-15-13-24(14-16-25)35-30(39)21-41-26-9-4-3-5-10-26/h3-19,31-32H,20-21H2,1-2H3,(H,35,39)(H,36,42)/t31-,32-/m1/s1. The third-order valence-corrected chi connectivity index (χ3v) is 7.78. The van der Waals surface area contributed by atoms with Gasteiger partial charge in [0.2, 0.25) is 0 Å². The van der Waals surface area contributed by atoms with Gasteiger partial charge >= 0.3 is 0 Å². The number of thiocarbonyl (C=S) groups is 1. The number of amides is 1. The number of aromatic nitrogens is 2. The Labute approximate surface area is 250 Å². The zero-order chi connectivity index (χ0) is 29.1. The van der Waals surface area contributed by atoms with E-state index in [4.69, 9.17) is 21.4 Å². The van der Waals surface area contributed by atoms with Crippen molar-refractivity contribution in [2.45, 2.75) is 32.5 Å². The van der Waals surface area contributed by atoms with Gasteiger partial charge in [0.15, 0.2) is 11.7 Å². The number of nitrogens with one attached hydrogen (secondary N) is 2. The summed E-state index contributed by atoms with van der Waals surface area (Å²) < 4.78 is 13.5. The van der Waals surface area contributed by atoms with Gasteiger partial charge in [-0.2, -0.15) is 0 Å². The molecule has 2 atom stereocenters. The van der Waals surface area contributed by atoms with Crippen LogP contribution in [0.4, 0.5) is 11.4 Å². The molecule has 4 heterocycles. The van der Waals surface area contributed by atoms with Gasteiger partial charge in [-0.15, -0.1) is 0 Å². The zero-order valence-electron chi connectivity index (χ0n) is 23.4. The van der Waals surface area contributed by atoms with Crippen molar-refractivity contribution >= 4 is 34.6 Å². The molecule has 1 saturated heterocycles. The fourth-order valence-corrected chi connectivity index (χ4v) is 5.79. The van der Waals surface area contributed by atoms with Crippen LogP contribution in [0.2, 0.25) is 0 Å². The molecule has 1 aliphatic rings. The van der Waals surface area contributed by atoms with Crippen LogP contribution in [-0.4, -0.2) is 27.2 Å². The highest BCUT2D eigenvalue weighted by atomic mass is 32.1. The number of hydrogen-bond acceptors (Lipinski definition) is 5. The summed E-state index contributed by atoms with van der Waals surface area (Å²) in [5.74, 6) is 1.31. The molecule has 3 aromatic heterocycles. The minimum atomic E-state index is -0.234. The summed E-state index contributed by atoms with van der Waals surface area (Å²) in [6.45, 7) is 4.81. The van der Waals surface area contributed by atoms with Crippen molar-refractivity contribution in [2.75, 3.05) is 16.8 Å². The molecule has 1 fully saturated rings. The molecule has 0 radical (unpaired) electrons. The van der Waals surface area contributed by atoms with E-state index in [1.54, 1.807) is 12.5 Å². The van der Waals surface area contributed by atoms with Gasteiger partial charge in [-0.1, -0.05) is 24.3 Å². The molecular formula is C33H31N5O3S. The number of anilines is 2. The minimum absolute atomic E-state index is 0.0760. The number of carbonyl (C=O) groups is 1. The molecule has 212 valence electrons. The lowest BCUT2D eigenvalue weighted by Gasteiger charge is -2.28. The lowest BCUT2D eigenvalue weighted by atomic mass is 9.96. The normalized spacial score (nSPS) is 16.3. The first-order valence-corrected chi connectivity index (χ1v) is 14.2. The number of aryl methyl sites for hydroxylation is 1. The van der Waals surface area contributed by atoms with Crippen molar-refractivity contribution in [3.63, 3.8) is 0 Å². The predicted octanol–water partition coefficient (Wildman–Crippen LogP) is 6.34. The Hall–Kier alpha value is -4.89. The third-order valence-electron chi connectivity index (χ3n) is 7.47. The zero-order valence-corrected chi connectivity index (χ0v) is 24.2. The first kappa shape index (κ1) is 27.3. The lowest BCUT2D eigenvalue weighted by molar-refractivity contribution is -0.118. The van der Waals surface area contributed by atoms with Crippen molar-refractivity contribution < 1.29 is 13.9 Å². The van der Waals surface area contributed by atoms with Gasteiger partial charge in [0.1, 0.15) is 11.5 Å². The molecule has 0 bridgehead atoms. The number of nitrogens with zero attached hydrogens (tertiary/aromatic N) is 3. The molecule has 2 aromatic carbocycles. The number of ether oxygens (including phenoxy) is 1. The maximum absolute atomic E-state index is 12.5. The van der Waals surface area contributed by atoms with Crippen LogP contribution < -0.4 is 20.3 Å². The number of para-hydroxylation sites is 1. The summed E-state index contributed by atoms with van der Waals surface area (Å²) in [6.07, 6.45) is 3.50. The van der Waals surface area contributed by atoms with Crippen molar-refractivity contribution in [2.24, 2.45) is 0 Å². The highest BCUT2D eigenvalue weighted by Crippen LogP contribution is 2.43. The van der Waals surface area contributed by atoms with Crippen molar-refractivity contribution in [3.05, 3.63) is 132 Å². The second-order valence-corrected chi connectivity index (χ2v) is 10.6. The molecule has 42 heavy (non-hydrogen) atoms. The summed E-state index contributed by atoms with van der Waals surface area (Å²) in [4.78, 5) is 19.3. The minimum Gasteiger partial charge on any atom is -0.484 e. The number of carbonyl (C=O) groups excluding carboxylic acids is 1. The van der Waals surface area contributed by atoms with Crippen LogP contribution in [0.25, 0.3) is 0 Å². The van der Waals surface area contributed by atoms with E-state index in [0.29, 0.717) is 23.1 Å². The van der Waals surface area contributed by atoms with Crippen molar-refractivity contribution in [1.29, 1.82) is 0 Å². The fraction of sp³-hybridized carbons (Fsp3) is 0.182. The van der Waals surface area contributed by atoms with E-state index < -0.39 is 0 Å². The van der Waals surface area contributed by atoms with Gasteiger partial charge in [0, 0.05) is 29.0 Å². The number of rotatable bonds is 9. The van der Waals surface area contributed by atoms with Crippen LogP contribution >= 0.6 is 12.2 Å². The van der Waals surface area contributed by atoms with E-state index >= 15 is 0 Å². The van der Waals surface area contributed by atoms with Gasteiger partial charge < -0.3 is 29.3 Å². The van der Waals surface area contributed by atoms with Crippen LogP contribution in [0.1, 0.15) is 40.5 Å². The summed E-state index contributed by atoms with van der Waals surface area (Å²) in [5.41, 5.74) is 5.90. The smallest absolute Gasteiger partial charge is 0.262 e. The van der Waals surface area contributed by atoms with Gasteiger partial charge in [0.25, 0.3) is 5.91 Å². The van der Waals surface area contributed by atoms with E-state index in [1.807, 2.05) is 84.9 Å². The summed E-state index contributed by atoms with van der Waals surface area (Å²) >= 11 is 5.92. The maximum Gasteiger partial charge on any atom is 0.262 e. The van der Waals surface area contributed by atoms with Gasteiger partial charge in [-0.3, -0.25) is 9.78 Å². The van der Waals surface area contributed by atoms with Crippen LogP contribution in [-0.2, 0) is 11.3 Å². The fourth-order valence-electron chi connectivity index (χ4n) is 5.45. The highest BCUT2D eigenvalue weighted by Gasteiger charge is 2.42. The molecule has 2 N–H and O–H groups in total. The molecule has 8 nitrogen and oxygen atoms in total. The molecule has 6 rings (SSSR count). The Morgan fingerprint density at radius 3 is 2.52 bits per heavy atom. The molecule has 9 heteroatoms. The number of pyridine rings is 1. The Bertz CT molecular complexity index is 1670. The van der Waals surface area contributed by atoms with E-state index in [2.05, 4.69) is 45.0 Å². The van der Waals surface area contributed by atoms with E-state index in [1.165, 1.54) is 0 Å². The van der Waals surface area contributed by atoms with Crippen LogP contribution in [0.3, 0.4) is 0 Å². The van der Waals surface area contributed by atoms with Gasteiger partial charge in [-0.25, -0.2) is 0 Å².